The van der Waals surface area contributed by atoms with Crippen molar-refractivity contribution in [3.05, 3.63) is 0 Å². The highest BCUT2D eigenvalue weighted by atomic mass is 32.1. The summed E-state index contributed by atoms with van der Waals surface area (Å²) in [6.07, 6.45) is 7.48. The van der Waals surface area contributed by atoms with Gasteiger partial charge in [0, 0.05) is 37.6 Å². The number of likely N-dealkylation sites (tertiary alicyclic amines) is 1. The first-order valence-electron chi connectivity index (χ1n) is 8.76. The van der Waals surface area contributed by atoms with Crippen molar-refractivity contribution in [1.82, 2.24) is 15.1 Å². The Kier molecular flexibility index (Phi) is 6.07. The van der Waals surface area contributed by atoms with Crippen LogP contribution in [0.4, 0.5) is 0 Å². The Balaban J connectivity index is 1.75. The molecule has 4 nitrogen and oxygen atoms in total. The molecule has 0 bridgehead atoms. The van der Waals surface area contributed by atoms with Gasteiger partial charge >= 0.3 is 0 Å². The van der Waals surface area contributed by atoms with Crippen LogP contribution in [-0.2, 0) is 4.79 Å². The second kappa shape index (κ2) is 7.62. The molecule has 0 spiro atoms. The average molecular weight is 326 g/mol. The highest BCUT2D eigenvalue weighted by molar-refractivity contribution is 7.80. The molecular weight excluding hydrogens is 294 g/mol. The fraction of sp³-hybridized carbons (Fsp3) is 0.882. The first-order valence-corrected chi connectivity index (χ1v) is 9.16. The Hall–Kier alpha value is -0.840. The van der Waals surface area contributed by atoms with Crippen LogP contribution in [0, 0.1) is 0 Å². The molecule has 0 aromatic heterocycles. The molecule has 2 rings (SSSR count). The largest absolute Gasteiger partial charge is 0.358 e. The van der Waals surface area contributed by atoms with Gasteiger partial charge in [0.2, 0.25) is 5.91 Å². The zero-order valence-electron chi connectivity index (χ0n) is 14.4. The molecular formula is C17H31N3OS. The number of thiocarbonyl (C=S) groups is 1. The topological polar surface area (TPSA) is 35.6 Å². The fourth-order valence-corrected chi connectivity index (χ4v) is 4.21. The molecule has 2 saturated heterocycles. The summed E-state index contributed by atoms with van der Waals surface area (Å²) >= 11 is 5.49. The molecule has 2 aliphatic heterocycles. The maximum absolute atomic E-state index is 12.3. The summed E-state index contributed by atoms with van der Waals surface area (Å²) in [5, 5.41) is 4.25. The first kappa shape index (κ1) is 17.5. The summed E-state index contributed by atoms with van der Waals surface area (Å²) in [6.45, 7) is 9.39. The Morgan fingerprint density at radius 3 is 2.50 bits per heavy atom. The standard InChI is InChI=1S/C17H31N3OS/c1-14-13-17(2,3)18-16(22)20(14)12-8-9-15(21)19-10-6-4-5-7-11-19/h14H,4-13H2,1-3H3,(H,18,22)/t14-/m1/s1. The van der Waals surface area contributed by atoms with Crippen LogP contribution < -0.4 is 5.32 Å². The van der Waals surface area contributed by atoms with E-state index in [1.807, 2.05) is 0 Å². The van der Waals surface area contributed by atoms with Gasteiger partial charge in [0.05, 0.1) is 0 Å². The summed E-state index contributed by atoms with van der Waals surface area (Å²) in [7, 11) is 0. The smallest absolute Gasteiger partial charge is 0.222 e. The lowest BCUT2D eigenvalue weighted by molar-refractivity contribution is -0.131. The van der Waals surface area contributed by atoms with Crippen molar-refractivity contribution in [2.45, 2.75) is 77.3 Å². The summed E-state index contributed by atoms with van der Waals surface area (Å²) in [5.41, 5.74) is 0.0782. The molecule has 1 atom stereocenters. The summed E-state index contributed by atoms with van der Waals surface area (Å²) in [6, 6.07) is 0.442. The number of amides is 1. The lowest BCUT2D eigenvalue weighted by Gasteiger charge is -2.44. The quantitative estimate of drug-likeness (QED) is 0.806. The van der Waals surface area contributed by atoms with E-state index in [4.69, 9.17) is 12.2 Å². The van der Waals surface area contributed by atoms with Gasteiger partial charge in [-0.3, -0.25) is 4.79 Å². The van der Waals surface area contributed by atoms with Crippen molar-refractivity contribution >= 4 is 23.2 Å². The zero-order valence-corrected chi connectivity index (χ0v) is 15.2. The summed E-state index contributed by atoms with van der Waals surface area (Å²) in [4.78, 5) is 16.6. The van der Waals surface area contributed by atoms with Gasteiger partial charge in [0.25, 0.3) is 0 Å². The molecule has 0 aromatic carbocycles. The third kappa shape index (κ3) is 4.83. The van der Waals surface area contributed by atoms with Gasteiger partial charge in [0.15, 0.2) is 5.11 Å². The van der Waals surface area contributed by atoms with Gasteiger partial charge in [-0.15, -0.1) is 0 Å². The predicted octanol–water partition coefficient (Wildman–Crippen LogP) is 2.92. The van der Waals surface area contributed by atoms with Gasteiger partial charge in [-0.1, -0.05) is 12.8 Å². The van der Waals surface area contributed by atoms with Crippen molar-refractivity contribution in [3.63, 3.8) is 0 Å². The van der Waals surface area contributed by atoms with Crippen LogP contribution in [0.3, 0.4) is 0 Å². The van der Waals surface area contributed by atoms with Crippen molar-refractivity contribution in [2.24, 2.45) is 0 Å². The Morgan fingerprint density at radius 2 is 1.91 bits per heavy atom. The number of hydrogen-bond acceptors (Lipinski definition) is 2. The minimum Gasteiger partial charge on any atom is -0.358 e. The monoisotopic (exact) mass is 325 g/mol. The van der Waals surface area contributed by atoms with E-state index < -0.39 is 0 Å². The van der Waals surface area contributed by atoms with Crippen LogP contribution in [0.25, 0.3) is 0 Å². The van der Waals surface area contributed by atoms with Crippen LogP contribution in [-0.4, -0.2) is 52.0 Å². The van der Waals surface area contributed by atoms with Crippen LogP contribution in [0.5, 0.6) is 0 Å². The molecule has 0 aromatic rings. The lowest BCUT2D eigenvalue weighted by Crippen LogP contribution is -2.60. The van der Waals surface area contributed by atoms with E-state index in [9.17, 15) is 4.79 Å². The van der Waals surface area contributed by atoms with Crippen molar-refractivity contribution in [1.29, 1.82) is 0 Å². The minimum atomic E-state index is 0.0782. The molecule has 2 fully saturated rings. The Morgan fingerprint density at radius 1 is 1.27 bits per heavy atom. The van der Waals surface area contributed by atoms with E-state index in [-0.39, 0.29) is 5.54 Å². The Labute approximate surface area is 140 Å². The molecule has 0 radical (unpaired) electrons. The summed E-state index contributed by atoms with van der Waals surface area (Å²) in [5.74, 6) is 0.325. The maximum Gasteiger partial charge on any atom is 0.222 e. The molecule has 0 aliphatic carbocycles. The number of nitrogens with one attached hydrogen (secondary N) is 1. The van der Waals surface area contributed by atoms with Gasteiger partial charge < -0.3 is 15.1 Å². The zero-order chi connectivity index (χ0) is 16.2. The van der Waals surface area contributed by atoms with Gasteiger partial charge in [-0.05, 0) is 58.7 Å². The highest BCUT2D eigenvalue weighted by Crippen LogP contribution is 2.22. The summed E-state index contributed by atoms with van der Waals surface area (Å²) < 4.78 is 0. The maximum atomic E-state index is 12.3. The first-order chi connectivity index (χ1) is 10.4. The van der Waals surface area contributed by atoms with Gasteiger partial charge in [-0.25, -0.2) is 0 Å². The van der Waals surface area contributed by atoms with E-state index in [0.717, 1.165) is 50.4 Å². The van der Waals surface area contributed by atoms with E-state index in [2.05, 4.69) is 35.9 Å². The van der Waals surface area contributed by atoms with Crippen molar-refractivity contribution in [2.75, 3.05) is 19.6 Å². The second-order valence-corrected chi connectivity index (χ2v) is 7.85. The molecule has 22 heavy (non-hydrogen) atoms. The molecule has 1 N–H and O–H groups in total. The van der Waals surface area contributed by atoms with Crippen molar-refractivity contribution in [3.8, 4) is 0 Å². The van der Waals surface area contributed by atoms with Crippen LogP contribution in [0.1, 0.15) is 65.7 Å². The molecule has 0 saturated carbocycles. The molecule has 2 aliphatic rings. The SMILES string of the molecule is C[C@@H]1CC(C)(C)NC(=S)N1CCCC(=O)N1CCCCCC1. The number of hydrogen-bond donors (Lipinski definition) is 1. The lowest BCUT2D eigenvalue weighted by atomic mass is 9.93. The van der Waals surface area contributed by atoms with Crippen LogP contribution in [0.2, 0.25) is 0 Å². The fourth-order valence-electron chi connectivity index (χ4n) is 3.66. The predicted molar refractivity (Wildman–Crippen MR) is 94.9 cm³/mol. The number of carbonyl (C=O) groups is 1. The third-order valence-corrected chi connectivity index (χ3v) is 5.13. The molecule has 0 unspecified atom stereocenters. The number of rotatable bonds is 4. The number of nitrogens with zero attached hydrogens (tertiary/aromatic N) is 2. The minimum absolute atomic E-state index is 0.0782. The second-order valence-electron chi connectivity index (χ2n) is 7.46. The van der Waals surface area contributed by atoms with E-state index in [0.29, 0.717) is 18.4 Å². The molecule has 1 amide bonds. The highest BCUT2D eigenvalue weighted by Gasteiger charge is 2.32. The molecule has 2 heterocycles. The van der Waals surface area contributed by atoms with Crippen molar-refractivity contribution < 1.29 is 4.79 Å². The number of carbonyl (C=O) groups excluding carboxylic acids is 1. The van der Waals surface area contributed by atoms with E-state index in [1.165, 1.54) is 12.8 Å². The average Bonchev–Trinajstić information content (AvgIpc) is 2.69. The van der Waals surface area contributed by atoms with Gasteiger partial charge in [0.1, 0.15) is 0 Å². The van der Waals surface area contributed by atoms with Gasteiger partial charge in [-0.2, -0.15) is 0 Å². The molecule has 5 heteroatoms. The molecule has 126 valence electrons. The van der Waals surface area contributed by atoms with Crippen LogP contribution >= 0.6 is 12.2 Å². The third-order valence-electron chi connectivity index (χ3n) is 4.79. The van der Waals surface area contributed by atoms with E-state index >= 15 is 0 Å². The normalized spacial score (nSPS) is 25.6. The van der Waals surface area contributed by atoms with Crippen LogP contribution in [0.15, 0.2) is 0 Å². The Bertz CT molecular complexity index is 403. The van der Waals surface area contributed by atoms with E-state index in [1.54, 1.807) is 0 Å².